The second kappa shape index (κ2) is 8.58. The molecule has 3 heterocycles. The van der Waals surface area contributed by atoms with E-state index in [-0.39, 0.29) is 12.6 Å². The number of ketones is 1. The molecule has 0 spiro atoms. The molecule has 0 unspecified atom stereocenters. The van der Waals surface area contributed by atoms with Crippen LogP contribution in [-0.2, 0) is 6.42 Å². The highest BCUT2D eigenvalue weighted by atomic mass is 16.7. The maximum atomic E-state index is 12.4. The van der Waals surface area contributed by atoms with Crippen molar-refractivity contribution in [3.8, 4) is 28.5 Å². The van der Waals surface area contributed by atoms with E-state index in [0.717, 1.165) is 59.2 Å². The molecule has 0 bridgehead atoms. The van der Waals surface area contributed by atoms with Crippen molar-refractivity contribution in [1.82, 2.24) is 9.97 Å². The van der Waals surface area contributed by atoms with E-state index >= 15 is 0 Å². The summed E-state index contributed by atoms with van der Waals surface area (Å²) in [6.45, 7) is 2.89. The van der Waals surface area contributed by atoms with Crippen molar-refractivity contribution in [3.63, 3.8) is 0 Å². The summed E-state index contributed by atoms with van der Waals surface area (Å²) in [6.07, 6.45) is 2.40. The molecule has 0 amide bonds. The van der Waals surface area contributed by atoms with Gasteiger partial charge in [-0.25, -0.2) is 9.97 Å². The average molecular weight is 468 g/mol. The highest BCUT2D eigenvalue weighted by molar-refractivity contribution is 5.99. The van der Waals surface area contributed by atoms with Gasteiger partial charge in [-0.05, 0) is 73.0 Å². The van der Waals surface area contributed by atoms with Crippen LogP contribution in [-0.4, -0.2) is 36.2 Å². The van der Waals surface area contributed by atoms with Gasteiger partial charge >= 0.3 is 0 Å². The number of nitrogens with zero attached hydrogens (tertiary/aromatic N) is 3. The van der Waals surface area contributed by atoms with Gasteiger partial charge in [0.25, 0.3) is 0 Å². The lowest BCUT2D eigenvalue weighted by Crippen LogP contribution is -2.26. The van der Waals surface area contributed by atoms with Gasteiger partial charge in [-0.1, -0.05) is 6.92 Å². The van der Waals surface area contributed by atoms with E-state index in [9.17, 15) is 4.79 Å². The Balaban J connectivity index is 1.56. The van der Waals surface area contributed by atoms with E-state index in [1.54, 1.807) is 7.11 Å². The lowest BCUT2D eigenvalue weighted by Gasteiger charge is -2.32. The van der Waals surface area contributed by atoms with Crippen LogP contribution in [0.5, 0.6) is 17.2 Å². The Hall–Kier alpha value is -4.13. The van der Waals surface area contributed by atoms with Crippen LogP contribution in [0.3, 0.4) is 0 Å². The summed E-state index contributed by atoms with van der Waals surface area (Å²) in [4.78, 5) is 24.7. The maximum Gasteiger partial charge on any atom is 0.231 e. The molecule has 0 saturated heterocycles. The summed E-state index contributed by atoms with van der Waals surface area (Å²) in [5.74, 6) is 3.10. The van der Waals surface area contributed by atoms with Gasteiger partial charge in [0.2, 0.25) is 6.79 Å². The maximum absolute atomic E-state index is 12.4. The molecule has 2 aliphatic heterocycles. The third-order valence-electron chi connectivity index (χ3n) is 6.60. The first-order chi connectivity index (χ1) is 17.1. The van der Waals surface area contributed by atoms with Gasteiger partial charge in [0.1, 0.15) is 11.4 Å². The van der Waals surface area contributed by atoms with E-state index in [2.05, 4.69) is 17.0 Å². The molecular weight excluding hydrogens is 442 g/mol. The fourth-order valence-electron chi connectivity index (χ4n) is 4.77. The van der Waals surface area contributed by atoms with Crippen molar-refractivity contribution in [2.24, 2.45) is 0 Å². The minimum absolute atomic E-state index is 0.0884. The van der Waals surface area contributed by atoms with E-state index < -0.39 is 0 Å². The molecule has 3 aromatic carbocycles. The average Bonchev–Trinajstić information content (AvgIpc) is 3.39. The van der Waals surface area contributed by atoms with Crippen molar-refractivity contribution in [1.29, 1.82) is 0 Å². The third-order valence-corrected chi connectivity index (χ3v) is 6.60. The molecule has 0 atom stereocenters. The molecule has 7 nitrogen and oxygen atoms in total. The molecule has 0 saturated carbocycles. The Kier molecular flexibility index (Phi) is 5.25. The van der Waals surface area contributed by atoms with Crippen LogP contribution in [0.4, 0.5) is 11.5 Å². The van der Waals surface area contributed by atoms with Crippen LogP contribution in [0, 0.1) is 0 Å². The van der Waals surface area contributed by atoms with E-state index in [1.165, 1.54) is 5.56 Å². The fraction of sp³-hybridized carbons (Fsp3) is 0.250. The lowest BCUT2D eigenvalue weighted by atomic mass is 10.00. The number of fused-ring (bicyclic) bond motifs is 3. The Morgan fingerprint density at radius 3 is 2.74 bits per heavy atom. The lowest BCUT2D eigenvalue weighted by molar-refractivity contribution is 0.0988. The minimum atomic E-state index is 0.0884. The number of Topliss-reactive ketones (excluding diaryl/α,β-unsaturated/α-hetero) is 1. The summed E-state index contributed by atoms with van der Waals surface area (Å²) in [5, 5.41) is 0. The number of anilines is 2. The quantitative estimate of drug-likeness (QED) is 0.348. The number of hydrogen-bond acceptors (Lipinski definition) is 7. The van der Waals surface area contributed by atoms with E-state index in [4.69, 9.17) is 24.2 Å². The highest BCUT2D eigenvalue weighted by Crippen LogP contribution is 2.42. The molecule has 1 aromatic heterocycles. The Morgan fingerprint density at radius 1 is 1.00 bits per heavy atom. The Labute approximate surface area is 203 Å². The van der Waals surface area contributed by atoms with E-state index in [0.29, 0.717) is 23.3 Å². The topological polar surface area (TPSA) is 73.8 Å². The third kappa shape index (κ3) is 3.73. The Morgan fingerprint density at radius 2 is 1.89 bits per heavy atom. The Bertz CT molecular complexity index is 1470. The number of ether oxygens (including phenoxy) is 3. The normalized spacial score (nSPS) is 14.2. The molecule has 0 radical (unpaired) electrons. The fourth-order valence-corrected chi connectivity index (χ4v) is 4.77. The van der Waals surface area contributed by atoms with Crippen LogP contribution < -0.4 is 19.1 Å². The standard InChI is InChI=1S/C28H25N3O4/c1-3-24(32)18-6-9-21-22(14-18)30-28(27(29-21)19-7-11-25-26(15-19)35-16-34-25)31-12-4-5-17-13-20(33-2)8-10-23(17)31/h6-11,13-15H,3-5,12,16H2,1-2H3. The molecule has 35 heavy (non-hydrogen) atoms. The molecule has 6 rings (SSSR count). The number of benzene rings is 3. The van der Waals surface area contributed by atoms with Crippen LogP contribution in [0.2, 0.25) is 0 Å². The molecule has 0 N–H and O–H groups in total. The monoisotopic (exact) mass is 467 g/mol. The number of hydrogen-bond donors (Lipinski definition) is 0. The minimum Gasteiger partial charge on any atom is -0.497 e. The first-order valence-corrected chi connectivity index (χ1v) is 11.8. The van der Waals surface area contributed by atoms with Crippen LogP contribution >= 0.6 is 0 Å². The van der Waals surface area contributed by atoms with Gasteiger partial charge in [0, 0.05) is 29.8 Å². The van der Waals surface area contributed by atoms with Gasteiger partial charge in [0.05, 0.1) is 18.1 Å². The van der Waals surface area contributed by atoms with Gasteiger partial charge in [-0.2, -0.15) is 0 Å². The number of carbonyl (C=O) groups excluding carboxylic acids is 1. The summed E-state index contributed by atoms with van der Waals surface area (Å²) in [5.41, 5.74) is 6.05. The number of rotatable bonds is 5. The van der Waals surface area contributed by atoms with Gasteiger partial charge in [0.15, 0.2) is 23.1 Å². The molecule has 0 fully saturated rings. The predicted molar refractivity (Wildman–Crippen MR) is 134 cm³/mol. The second-order valence-electron chi connectivity index (χ2n) is 8.69. The molecule has 7 heteroatoms. The molecule has 2 aliphatic rings. The summed E-state index contributed by atoms with van der Waals surface area (Å²) >= 11 is 0. The zero-order valence-corrected chi connectivity index (χ0v) is 19.7. The number of aryl methyl sites for hydroxylation is 1. The zero-order chi connectivity index (χ0) is 23.9. The SMILES string of the molecule is CCC(=O)c1ccc2nc(-c3ccc4c(c3)OCO4)c(N3CCCc4cc(OC)ccc43)nc2c1. The second-order valence-corrected chi connectivity index (χ2v) is 8.69. The summed E-state index contributed by atoms with van der Waals surface area (Å²) < 4.78 is 16.6. The molecule has 4 aromatic rings. The molecular formula is C28H25N3O4. The van der Waals surface area contributed by atoms with Gasteiger partial charge in [-0.3, -0.25) is 4.79 Å². The highest BCUT2D eigenvalue weighted by Gasteiger charge is 2.25. The van der Waals surface area contributed by atoms with Crippen LogP contribution in [0.25, 0.3) is 22.3 Å². The first-order valence-electron chi connectivity index (χ1n) is 11.8. The predicted octanol–water partition coefficient (Wildman–Crippen LogP) is 5.71. The number of aromatic nitrogens is 2. The van der Waals surface area contributed by atoms with Crippen molar-refractivity contribution in [2.75, 3.05) is 25.3 Å². The van der Waals surface area contributed by atoms with Crippen molar-refractivity contribution >= 4 is 28.3 Å². The summed E-state index contributed by atoms with van der Waals surface area (Å²) in [6, 6.07) is 17.5. The number of carbonyl (C=O) groups is 1. The zero-order valence-electron chi connectivity index (χ0n) is 19.7. The largest absolute Gasteiger partial charge is 0.497 e. The van der Waals surface area contributed by atoms with Crippen LogP contribution in [0.1, 0.15) is 35.7 Å². The smallest absolute Gasteiger partial charge is 0.231 e. The van der Waals surface area contributed by atoms with Crippen LogP contribution in [0.15, 0.2) is 54.6 Å². The van der Waals surface area contributed by atoms with Crippen molar-refractivity contribution < 1.29 is 19.0 Å². The van der Waals surface area contributed by atoms with Crippen molar-refractivity contribution in [3.05, 3.63) is 65.7 Å². The van der Waals surface area contributed by atoms with E-state index in [1.807, 2.05) is 49.4 Å². The molecule has 176 valence electrons. The first kappa shape index (κ1) is 21.4. The van der Waals surface area contributed by atoms with Crippen molar-refractivity contribution in [2.45, 2.75) is 26.2 Å². The van der Waals surface area contributed by atoms with Gasteiger partial charge in [-0.15, -0.1) is 0 Å². The van der Waals surface area contributed by atoms with Gasteiger partial charge < -0.3 is 19.1 Å². The summed E-state index contributed by atoms with van der Waals surface area (Å²) in [7, 11) is 1.68. The number of methoxy groups -OCH3 is 1. The molecule has 0 aliphatic carbocycles.